The number of nitrogens with zero attached hydrogens (tertiary/aromatic N) is 3. The molecule has 160 valence electrons. The topological polar surface area (TPSA) is 57.6 Å². The zero-order valence-electron chi connectivity index (χ0n) is 18.2. The van der Waals surface area contributed by atoms with E-state index in [-0.39, 0.29) is 29.3 Å². The number of benzene rings is 1. The number of piperidine rings is 1. The van der Waals surface area contributed by atoms with Gasteiger partial charge in [-0.3, -0.25) is 9.59 Å². The van der Waals surface area contributed by atoms with Gasteiger partial charge in [0.2, 0.25) is 0 Å². The van der Waals surface area contributed by atoms with Crippen molar-refractivity contribution in [2.75, 3.05) is 45.6 Å². The van der Waals surface area contributed by atoms with E-state index in [1.807, 2.05) is 53.9 Å². The van der Waals surface area contributed by atoms with Crippen molar-refractivity contribution in [1.29, 1.82) is 0 Å². The van der Waals surface area contributed by atoms with Crippen LogP contribution < -0.4 is 10.9 Å². The summed E-state index contributed by atoms with van der Waals surface area (Å²) in [6.45, 7) is 5.11. The van der Waals surface area contributed by atoms with Crippen molar-refractivity contribution in [2.45, 2.75) is 31.7 Å². The van der Waals surface area contributed by atoms with Crippen LogP contribution in [0.15, 0.2) is 47.3 Å². The van der Waals surface area contributed by atoms with Gasteiger partial charge >= 0.3 is 0 Å². The van der Waals surface area contributed by atoms with Gasteiger partial charge in [-0.05, 0) is 51.1 Å². The number of anilines is 1. The first kappa shape index (κ1) is 20.7. The molecule has 1 aromatic heterocycles. The van der Waals surface area contributed by atoms with Crippen molar-refractivity contribution in [1.82, 2.24) is 14.4 Å². The molecule has 1 aromatic carbocycles. The predicted molar refractivity (Wildman–Crippen MR) is 120 cm³/mol. The number of pyridine rings is 1. The Morgan fingerprint density at radius 2 is 1.93 bits per heavy atom. The molecule has 6 heteroatoms. The second-order valence-electron chi connectivity index (χ2n) is 8.86. The molecule has 3 atom stereocenters. The molecule has 3 heterocycles. The van der Waals surface area contributed by atoms with Crippen molar-refractivity contribution in [3.8, 4) is 0 Å². The fourth-order valence-corrected chi connectivity index (χ4v) is 5.07. The summed E-state index contributed by atoms with van der Waals surface area (Å²) in [6.07, 6.45) is 2.04. The van der Waals surface area contributed by atoms with Crippen LogP contribution in [-0.4, -0.2) is 60.5 Å². The van der Waals surface area contributed by atoms with Crippen molar-refractivity contribution >= 4 is 11.6 Å². The molecule has 0 unspecified atom stereocenters. The number of nitrogens with one attached hydrogen (secondary N) is 1. The van der Waals surface area contributed by atoms with E-state index in [9.17, 15) is 9.59 Å². The number of fused-ring (bicyclic) bond motifs is 4. The highest BCUT2D eigenvalue weighted by Gasteiger charge is 2.42. The number of amides is 1. The smallest absolute Gasteiger partial charge is 0.255 e. The van der Waals surface area contributed by atoms with Gasteiger partial charge in [-0.2, -0.15) is 0 Å². The van der Waals surface area contributed by atoms with E-state index in [4.69, 9.17) is 0 Å². The second kappa shape index (κ2) is 8.64. The molecule has 0 radical (unpaired) electrons. The number of hydrogen-bond donors (Lipinski definition) is 1. The van der Waals surface area contributed by atoms with E-state index in [1.165, 1.54) is 0 Å². The summed E-state index contributed by atoms with van der Waals surface area (Å²) in [5, 5.41) is 3.39. The standard InChI is InChI=1S/C24H32N4O2/c1-4-12-25-20-9-6-5-8-19(20)24(30)27-14-17-13-18(15-27)22(16-26(2)3)28-21(17)10-7-11-23(28)29/h5-11,17-18,22,25H,4,12-16H2,1-3H3/t17-,18+,22+/m1/s1. The van der Waals surface area contributed by atoms with E-state index < -0.39 is 0 Å². The lowest BCUT2D eigenvalue weighted by Gasteiger charge is -2.47. The largest absolute Gasteiger partial charge is 0.384 e. The molecule has 4 rings (SSSR count). The minimum Gasteiger partial charge on any atom is -0.384 e. The first-order valence-corrected chi connectivity index (χ1v) is 11.0. The summed E-state index contributed by atoms with van der Waals surface area (Å²) in [4.78, 5) is 30.4. The average molecular weight is 409 g/mol. The highest BCUT2D eigenvalue weighted by atomic mass is 16.2. The van der Waals surface area contributed by atoms with Gasteiger partial charge in [-0.15, -0.1) is 0 Å². The maximum absolute atomic E-state index is 13.5. The predicted octanol–water partition coefficient (Wildman–Crippen LogP) is 3.03. The molecule has 0 aliphatic carbocycles. The molecule has 30 heavy (non-hydrogen) atoms. The van der Waals surface area contributed by atoms with Crippen LogP contribution in [0.3, 0.4) is 0 Å². The van der Waals surface area contributed by atoms with Crippen molar-refractivity contribution in [2.24, 2.45) is 5.92 Å². The summed E-state index contributed by atoms with van der Waals surface area (Å²) < 4.78 is 2.00. The number of para-hydroxylation sites is 1. The van der Waals surface area contributed by atoms with Gasteiger partial charge in [-0.25, -0.2) is 0 Å². The lowest BCUT2D eigenvalue weighted by atomic mass is 9.78. The minimum atomic E-state index is 0.0722. The monoisotopic (exact) mass is 408 g/mol. The molecule has 2 aliphatic rings. The van der Waals surface area contributed by atoms with Gasteiger partial charge in [0.25, 0.3) is 11.5 Å². The SMILES string of the molecule is CCCNc1ccccc1C(=O)N1C[C@H]2C[C@@H](C1)[C@H](CN(C)C)n1c2cccc1=O. The molecule has 2 aliphatic heterocycles. The highest BCUT2D eigenvalue weighted by Crippen LogP contribution is 2.41. The molecule has 1 N–H and O–H groups in total. The zero-order chi connectivity index (χ0) is 21.3. The minimum absolute atomic E-state index is 0.0722. The Kier molecular flexibility index (Phi) is 5.95. The zero-order valence-corrected chi connectivity index (χ0v) is 18.2. The number of hydrogen-bond acceptors (Lipinski definition) is 4. The van der Waals surface area contributed by atoms with Gasteiger partial charge in [-0.1, -0.05) is 25.1 Å². The van der Waals surface area contributed by atoms with Crippen molar-refractivity contribution in [3.05, 3.63) is 64.1 Å². The van der Waals surface area contributed by atoms with E-state index in [2.05, 4.69) is 23.2 Å². The molecule has 1 amide bonds. The Balaban J connectivity index is 1.66. The normalized spacial score (nSPS) is 22.7. The maximum atomic E-state index is 13.5. The fraction of sp³-hybridized carbons (Fsp3) is 0.500. The number of rotatable bonds is 6. The average Bonchev–Trinajstić information content (AvgIpc) is 2.74. The first-order valence-electron chi connectivity index (χ1n) is 11.0. The molecule has 1 saturated heterocycles. The van der Waals surface area contributed by atoms with Gasteiger partial charge in [0, 0.05) is 49.5 Å². The molecular formula is C24H32N4O2. The maximum Gasteiger partial charge on any atom is 0.255 e. The van der Waals surface area contributed by atoms with Gasteiger partial charge in [0.1, 0.15) is 0 Å². The van der Waals surface area contributed by atoms with Gasteiger partial charge < -0.3 is 19.7 Å². The Morgan fingerprint density at radius 3 is 2.70 bits per heavy atom. The van der Waals surface area contributed by atoms with Crippen LogP contribution in [0.2, 0.25) is 0 Å². The molecular weight excluding hydrogens is 376 g/mol. The summed E-state index contributed by atoms with van der Waals surface area (Å²) in [5.74, 6) is 0.563. The summed E-state index contributed by atoms with van der Waals surface area (Å²) in [5.41, 5.74) is 2.78. The van der Waals surface area contributed by atoms with Crippen LogP contribution in [0.25, 0.3) is 0 Å². The fourth-order valence-electron chi connectivity index (χ4n) is 5.07. The molecule has 0 saturated carbocycles. The van der Waals surface area contributed by atoms with E-state index in [0.717, 1.165) is 42.9 Å². The van der Waals surface area contributed by atoms with Crippen LogP contribution in [0, 0.1) is 5.92 Å². The van der Waals surface area contributed by atoms with E-state index in [1.54, 1.807) is 6.07 Å². The number of carbonyl (C=O) groups is 1. The third kappa shape index (κ3) is 3.88. The number of likely N-dealkylation sites (tertiary alicyclic amines) is 1. The molecule has 2 aromatic rings. The van der Waals surface area contributed by atoms with Crippen LogP contribution in [0.1, 0.15) is 47.8 Å². The molecule has 6 nitrogen and oxygen atoms in total. The lowest BCUT2D eigenvalue weighted by molar-refractivity contribution is 0.0499. The van der Waals surface area contributed by atoms with Crippen LogP contribution in [0.5, 0.6) is 0 Å². The number of aromatic nitrogens is 1. The molecule has 1 fully saturated rings. The lowest BCUT2D eigenvalue weighted by Crippen LogP contribution is -2.52. The Labute approximate surface area is 178 Å². The summed E-state index contributed by atoms with van der Waals surface area (Å²) in [6, 6.07) is 13.5. The quantitative estimate of drug-likeness (QED) is 0.798. The second-order valence-corrected chi connectivity index (χ2v) is 8.86. The summed E-state index contributed by atoms with van der Waals surface area (Å²) in [7, 11) is 4.09. The summed E-state index contributed by atoms with van der Waals surface area (Å²) >= 11 is 0. The van der Waals surface area contributed by atoms with Gasteiger partial charge in [0.05, 0.1) is 11.6 Å². The Hall–Kier alpha value is -2.60. The van der Waals surface area contributed by atoms with E-state index in [0.29, 0.717) is 13.1 Å². The molecule has 0 spiro atoms. The first-order chi connectivity index (χ1) is 14.5. The third-order valence-electron chi connectivity index (χ3n) is 6.36. The highest BCUT2D eigenvalue weighted by molar-refractivity contribution is 5.99. The molecule has 2 bridgehead atoms. The van der Waals surface area contributed by atoms with Crippen molar-refractivity contribution in [3.63, 3.8) is 0 Å². The van der Waals surface area contributed by atoms with Gasteiger partial charge in [0.15, 0.2) is 0 Å². The Bertz CT molecular complexity index is 968. The Morgan fingerprint density at radius 1 is 1.13 bits per heavy atom. The van der Waals surface area contributed by atoms with Crippen molar-refractivity contribution < 1.29 is 4.79 Å². The van der Waals surface area contributed by atoms with Crippen LogP contribution >= 0.6 is 0 Å². The van der Waals surface area contributed by atoms with Crippen LogP contribution in [0.4, 0.5) is 5.69 Å². The number of carbonyl (C=O) groups excluding carboxylic acids is 1. The van der Waals surface area contributed by atoms with E-state index >= 15 is 0 Å². The van der Waals surface area contributed by atoms with Crippen LogP contribution in [-0.2, 0) is 0 Å². The number of likely N-dealkylation sites (N-methyl/N-ethyl adjacent to an activating group) is 1. The third-order valence-corrected chi connectivity index (χ3v) is 6.36.